The molecule has 1 aromatic rings. The maximum atomic E-state index is 12.8. The van der Waals surface area contributed by atoms with Gasteiger partial charge >= 0.3 is 6.09 Å². The fourth-order valence-corrected chi connectivity index (χ4v) is 2.26. The van der Waals surface area contributed by atoms with Gasteiger partial charge in [0.2, 0.25) is 0 Å². The molecule has 0 radical (unpaired) electrons. The van der Waals surface area contributed by atoms with Crippen molar-refractivity contribution in [2.75, 3.05) is 18.4 Å². The van der Waals surface area contributed by atoms with E-state index in [0.29, 0.717) is 18.9 Å². The molecule has 21 heavy (non-hydrogen) atoms. The van der Waals surface area contributed by atoms with E-state index in [1.54, 1.807) is 11.0 Å². The third-order valence-electron chi connectivity index (χ3n) is 3.15. The van der Waals surface area contributed by atoms with Gasteiger partial charge in [0, 0.05) is 19.1 Å². The van der Waals surface area contributed by atoms with Gasteiger partial charge in [0.1, 0.15) is 17.2 Å². The number of hydrogen-bond acceptors (Lipinski definition) is 4. The molecule has 5 nitrogen and oxygen atoms in total. The molecule has 116 valence electrons. The van der Waals surface area contributed by atoms with Gasteiger partial charge in [-0.1, -0.05) is 0 Å². The molecule has 1 atom stereocenters. The van der Waals surface area contributed by atoms with Crippen molar-refractivity contribution in [1.82, 2.24) is 9.88 Å². The summed E-state index contributed by atoms with van der Waals surface area (Å²) in [5.74, 6) is 0.256. The van der Waals surface area contributed by atoms with Crippen molar-refractivity contribution in [2.45, 2.75) is 45.3 Å². The minimum absolute atomic E-state index is 0.101. The van der Waals surface area contributed by atoms with Crippen LogP contribution in [0.15, 0.2) is 18.3 Å². The van der Waals surface area contributed by atoms with E-state index in [0.717, 1.165) is 12.8 Å². The summed E-state index contributed by atoms with van der Waals surface area (Å²) in [6.07, 6.45) is 2.73. The predicted molar refractivity (Wildman–Crippen MR) is 78.6 cm³/mol. The van der Waals surface area contributed by atoms with Gasteiger partial charge < -0.3 is 15.0 Å². The van der Waals surface area contributed by atoms with Crippen LogP contribution in [0.2, 0.25) is 0 Å². The summed E-state index contributed by atoms with van der Waals surface area (Å²) in [4.78, 5) is 17.8. The van der Waals surface area contributed by atoms with E-state index >= 15 is 0 Å². The summed E-state index contributed by atoms with van der Waals surface area (Å²) in [6, 6.07) is 3.06. The lowest BCUT2D eigenvalue weighted by atomic mass is 10.1. The zero-order valence-corrected chi connectivity index (χ0v) is 12.7. The standard InChI is InChI=1S/C15H22FN3O2/c1-15(2,3)21-14(20)19-8-4-5-12(10-19)18-13-7-6-11(16)9-17-13/h6-7,9,12H,4-5,8,10H2,1-3H3,(H,17,18). The van der Waals surface area contributed by atoms with Crippen LogP contribution >= 0.6 is 0 Å². The van der Waals surface area contributed by atoms with Crippen molar-refractivity contribution in [3.63, 3.8) is 0 Å². The van der Waals surface area contributed by atoms with Gasteiger partial charge in [-0.3, -0.25) is 0 Å². The lowest BCUT2D eigenvalue weighted by Crippen LogP contribution is -2.47. The molecular weight excluding hydrogens is 273 g/mol. The maximum Gasteiger partial charge on any atom is 0.410 e. The average Bonchev–Trinajstić information content (AvgIpc) is 2.40. The molecule has 1 N–H and O–H groups in total. The molecule has 0 aliphatic carbocycles. The first-order chi connectivity index (χ1) is 9.83. The fourth-order valence-electron chi connectivity index (χ4n) is 2.26. The third-order valence-corrected chi connectivity index (χ3v) is 3.15. The van der Waals surface area contributed by atoms with Crippen molar-refractivity contribution >= 4 is 11.9 Å². The van der Waals surface area contributed by atoms with E-state index in [1.807, 2.05) is 20.8 Å². The fraction of sp³-hybridized carbons (Fsp3) is 0.600. The number of pyridine rings is 1. The van der Waals surface area contributed by atoms with Gasteiger partial charge in [0.05, 0.1) is 6.20 Å². The molecule has 1 aliphatic rings. The normalized spacial score (nSPS) is 19.2. The highest BCUT2D eigenvalue weighted by molar-refractivity contribution is 5.68. The smallest absolute Gasteiger partial charge is 0.410 e. The minimum atomic E-state index is -0.490. The van der Waals surface area contributed by atoms with Crippen LogP contribution in [0.3, 0.4) is 0 Å². The van der Waals surface area contributed by atoms with Crippen LogP contribution in [0, 0.1) is 5.82 Å². The predicted octanol–water partition coefficient (Wildman–Crippen LogP) is 3.03. The summed E-state index contributed by atoms with van der Waals surface area (Å²) < 4.78 is 18.2. The molecule has 2 rings (SSSR count). The Morgan fingerprint density at radius 3 is 2.86 bits per heavy atom. The second-order valence-corrected chi connectivity index (χ2v) is 6.27. The van der Waals surface area contributed by atoms with Crippen LogP contribution < -0.4 is 5.32 Å². The zero-order valence-electron chi connectivity index (χ0n) is 12.7. The van der Waals surface area contributed by atoms with E-state index < -0.39 is 5.60 Å². The Balaban J connectivity index is 1.91. The van der Waals surface area contributed by atoms with Gasteiger partial charge in [-0.2, -0.15) is 0 Å². The molecule has 1 fully saturated rings. The number of hydrogen-bond donors (Lipinski definition) is 1. The molecule has 1 saturated heterocycles. The number of carbonyl (C=O) groups excluding carboxylic acids is 1. The largest absolute Gasteiger partial charge is 0.444 e. The Morgan fingerprint density at radius 2 is 2.24 bits per heavy atom. The van der Waals surface area contributed by atoms with E-state index in [-0.39, 0.29) is 18.0 Å². The molecule has 1 amide bonds. The number of piperidine rings is 1. The highest BCUT2D eigenvalue weighted by atomic mass is 19.1. The Morgan fingerprint density at radius 1 is 1.48 bits per heavy atom. The number of ether oxygens (including phenoxy) is 1. The number of likely N-dealkylation sites (tertiary alicyclic amines) is 1. The van der Waals surface area contributed by atoms with Crippen molar-refractivity contribution in [1.29, 1.82) is 0 Å². The topological polar surface area (TPSA) is 54.5 Å². The summed E-state index contributed by atoms with van der Waals surface area (Å²) >= 11 is 0. The summed E-state index contributed by atoms with van der Waals surface area (Å²) in [6.45, 7) is 6.82. The number of halogens is 1. The molecule has 0 saturated carbocycles. The Bertz CT molecular complexity index is 485. The van der Waals surface area contributed by atoms with E-state index in [9.17, 15) is 9.18 Å². The summed E-state index contributed by atoms with van der Waals surface area (Å²) in [5, 5.41) is 3.23. The van der Waals surface area contributed by atoms with Gasteiger partial charge in [-0.05, 0) is 45.7 Å². The number of rotatable bonds is 2. The third kappa shape index (κ3) is 4.88. The van der Waals surface area contributed by atoms with Crippen LogP contribution in [0.4, 0.5) is 15.0 Å². The van der Waals surface area contributed by atoms with Gasteiger partial charge in [-0.25, -0.2) is 14.2 Å². The van der Waals surface area contributed by atoms with Crippen molar-refractivity contribution < 1.29 is 13.9 Å². The zero-order chi connectivity index (χ0) is 15.5. The number of anilines is 1. The first-order valence-corrected chi connectivity index (χ1v) is 7.19. The minimum Gasteiger partial charge on any atom is -0.444 e. The monoisotopic (exact) mass is 295 g/mol. The molecule has 1 aromatic heterocycles. The lowest BCUT2D eigenvalue weighted by molar-refractivity contribution is 0.0206. The number of amides is 1. The lowest BCUT2D eigenvalue weighted by Gasteiger charge is -2.34. The Hall–Kier alpha value is -1.85. The Kier molecular flexibility index (Phi) is 4.65. The molecule has 0 spiro atoms. The van der Waals surface area contributed by atoms with Crippen LogP contribution in [0.25, 0.3) is 0 Å². The van der Waals surface area contributed by atoms with Crippen LogP contribution in [-0.2, 0) is 4.74 Å². The molecule has 2 heterocycles. The van der Waals surface area contributed by atoms with Gasteiger partial charge in [0.15, 0.2) is 0 Å². The van der Waals surface area contributed by atoms with Crippen LogP contribution in [0.5, 0.6) is 0 Å². The number of nitrogens with one attached hydrogen (secondary N) is 1. The van der Waals surface area contributed by atoms with Gasteiger partial charge in [0.25, 0.3) is 0 Å². The highest BCUT2D eigenvalue weighted by Crippen LogP contribution is 2.17. The molecule has 1 aliphatic heterocycles. The van der Waals surface area contributed by atoms with Crippen molar-refractivity contribution in [2.24, 2.45) is 0 Å². The molecule has 1 unspecified atom stereocenters. The van der Waals surface area contributed by atoms with Crippen molar-refractivity contribution in [3.05, 3.63) is 24.1 Å². The first-order valence-electron chi connectivity index (χ1n) is 7.19. The summed E-state index contributed by atoms with van der Waals surface area (Å²) in [7, 11) is 0. The second kappa shape index (κ2) is 6.28. The number of carbonyl (C=O) groups is 1. The quantitative estimate of drug-likeness (QED) is 0.911. The van der Waals surface area contributed by atoms with E-state index in [4.69, 9.17) is 4.74 Å². The molecular formula is C15H22FN3O2. The SMILES string of the molecule is CC(C)(C)OC(=O)N1CCCC(Nc2ccc(F)cn2)C1. The summed E-state index contributed by atoms with van der Waals surface area (Å²) in [5.41, 5.74) is -0.490. The van der Waals surface area contributed by atoms with Crippen LogP contribution in [0.1, 0.15) is 33.6 Å². The second-order valence-electron chi connectivity index (χ2n) is 6.27. The van der Waals surface area contributed by atoms with E-state index in [2.05, 4.69) is 10.3 Å². The highest BCUT2D eigenvalue weighted by Gasteiger charge is 2.27. The number of aromatic nitrogens is 1. The average molecular weight is 295 g/mol. The molecule has 6 heteroatoms. The molecule has 0 bridgehead atoms. The molecule has 0 aromatic carbocycles. The number of nitrogens with zero attached hydrogens (tertiary/aromatic N) is 2. The Labute approximate surface area is 124 Å². The maximum absolute atomic E-state index is 12.8. The van der Waals surface area contributed by atoms with E-state index in [1.165, 1.54) is 12.3 Å². The first kappa shape index (κ1) is 15.5. The van der Waals surface area contributed by atoms with Gasteiger partial charge in [-0.15, -0.1) is 0 Å². The van der Waals surface area contributed by atoms with Crippen molar-refractivity contribution in [3.8, 4) is 0 Å². The van der Waals surface area contributed by atoms with Crippen LogP contribution in [-0.4, -0.2) is 40.7 Å².